The first-order chi connectivity index (χ1) is 11.7. The number of carbonyl (C=O) groups excluding carboxylic acids is 1. The number of ketones is 1. The molecule has 0 radical (unpaired) electrons. The first-order valence-electron chi connectivity index (χ1n) is 9.47. The summed E-state index contributed by atoms with van der Waals surface area (Å²) in [7, 11) is 0. The SMILES string of the molecule is CCCCC(=O)CCCCCCC=CCCC=Cc1csc(C)n1. The average Bonchev–Trinajstić information content (AvgIpc) is 2.99. The van der Waals surface area contributed by atoms with E-state index in [2.05, 4.69) is 41.6 Å². The number of nitrogens with zero attached hydrogens (tertiary/aromatic N) is 1. The first-order valence-corrected chi connectivity index (χ1v) is 10.4. The lowest BCUT2D eigenvalue weighted by atomic mass is 10.1. The maximum Gasteiger partial charge on any atom is 0.132 e. The molecule has 0 aliphatic rings. The Bertz CT molecular complexity index is 502. The average molecular weight is 348 g/mol. The molecule has 2 nitrogen and oxygen atoms in total. The Labute approximate surface area is 152 Å². The predicted molar refractivity (Wildman–Crippen MR) is 106 cm³/mol. The molecule has 134 valence electrons. The van der Waals surface area contributed by atoms with Crippen LogP contribution in [0.4, 0.5) is 0 Å². The van der Waals surface area contributed by atoms with Gasteiger partial charge in [-0.25, -0.2) is 4.98 Å². The van der Waals surface area contributed by atoms with E-state index in [4.69, 9.17) is 0 Å². The minimum Gasteiger partial charge on any atom is -0.300 e. The lowest BCUT2D eigenvalue weighted by molar-refractivity contribution is -0.119. The Morgan fingerprint density at radius 3 is 2.46 bits per heavy atom. The highest BCUT2D eigenvalue weighted by Crippen LogP contribution is 2.11. The molecule has 1 rings (SSSR count). The van der Waals surface area contributed by atoms with Crippen LogP contribution in [0, 0.1) is 6.92 Å². The summed E-state index contributed by atoms with van der Waals surface area (Å²) in [5, 5.41) is 3.22. The van der Waals surface area contributed by atoms with Crippen molar-refractivity contribution in [3.63, 3.8) is 0 Å². The van der Waals surface area contributed by atoms with Gasteiger partial charge in [-0.05, 0) is 51.5 Å². The van der Waals surface area contributed by atoms with Crippen molar-refractivity contribution in [2.75, 3.05) is 0 Å². The van der Waals surface area contributed by atoms with Gasteiger partial charge in [-0.3, -0.25) is 4.79 Å². The lowest BCUT2D eigenvalue weighted by Gasteiger charge is -2.00. The van der Waals surface area contributed by atoms with E-state index in [1.807, 2.05) is 6.92 Å². The fourth-order valence-corrected chi connectivity index (χ4v) is 3.11. The highest BCUT2D eigenvalue weighted by molar-refractivity contribution is 7.09. The molecule has 1 aromatic heterocycles. The van der Waals surface area contributed by atoms with Crippen LogP contribution in [-0.4, -0.2) is 10.8 Å². The molecule has 1 heterocycles. The van der Waals surface area contributed by atoms with Crippen molar-refractivity contribution in [3.8, 4) is 0 Å². The predicted octanol–water partition coefficient (Wildman–Crippen LogP) is 6.90. The Morgan fingerprint density at radius 1 is 1.00 bits per heavy atom. The zero-order valence-electron chi connectivity index (χ0n) is 15.4. The molecule has 0 N–H and O–H groups in total. The van der Waals surface area contributed by atoms with Gasteiger partial charge in [0.15, 0.2) is 0 Å². The smallest absolute Gasteiger partial charge is 0.132 e. The van der Waals surface area contributed by atoms with Gasteiger partial charge in [-0.1, -0.05) is 44.4 Å². The van der Waals surface area contributed by atoms with Gasteiger partial charge in [-0.2, -0.15) is 0 Å². The summed E-state index contributed by atoms with van der Waals surface area (Å²) in [6.45, 7) is 4.17. The Morgan fingerprint density at radius 2 is 1.71 bits per heavy atom. The zero-order chi connectivity index (χ0) is 17.5. The fourth-order valence-electron chi connectivity index (χ4n) is 2.53. The van der Waals surface area contributed by atoms with E-state index in [0.29, 0.717) is 5.78 Å². The van der Waals surface area contributed by atoms with Crippen molar-refractivity contribution in [2.45, 2.75) is 84.5 Å². The summed E-state index contributed by atoms with van der Waals surface area (Å²) in [5.74, 6) is 0.456. The molecule has 0 amide bonds. The number of hydrogen-bond acceptors (Lipinski definition) is 3. The highest BCUT2D eigenvalue weighted by Gasteiger charge is 2.00. The van der Waals surface area contributed by atoms with Crippen LogP contribution in [0.2, 0.25) is 0 Å². The van der Waals surface area contributed by atoms with Gasteiger partial charge in [0, 0.05) is 18.2 Å². The van der Waals surface area contributed by atoms with E-state index in [9.17, 15) is 4.79 Å². The van der Waals surface area contributed by atoms with Gasteiger partial charge in [0.25, 0.3) is 0 Å². The molecule has 0 fully saturated rings. The van der Waals surface area contributed by atoms with Gasteiger partial charge < -0.3 is 0 Å². The van der Waals surface area contributed by atoms with Crippen molar-refractivity contribution in [2.24, 2.45) is 0 Å². The molecule has 0 aromatic carbocycles. The number of aromatic nitrogens is 1. The maximum absolute atomic E-state index is 11.5. The number of thiazole rings is 1. The van der Waals surface area contributed by atoms with Gasteiger partial charge in [0.1, 0.15) is 5.78 Å². The summed E-state index contributed by atoms with van der Waals surface area (Å²) in [6, 6.07) is 0. The minimum atomic E-state index is 0.456. The molecule has 0 aliphatic carbocycles. The minimum absolute atomic E-state index is 0.456. The second kappa shape index (κ2) is 14.2. The topological polar surface area (TPSA) is 30.0 Å². The van der Waals surface area contributed by atoms with Crippen LogP contribution in [-0.2, 0) is 4.79 Å². The fraction of sp³-hybridized carbons (Fsp3) is 0.619. The normalized spacial score (nSPS) is 11.8. The molecule has 1 aromatic rings. The second-order valence-electron chi connectivity index (χ2n) is 6.34. The molecule has 0 spiro atoms. The number of allylic oxidation sites excluding steroid dienone is 3. The number of hydrogen-bond donors (Lipinski definition) is 0. The maximum atomic E-state index is 11.5. The summed E-state index contributed by atoms with van der Waals surface area (Å²) < 4.78 is 0. The van der Waals surface area contributed by atoms with Crippen LogP contribution in [0.5, 0.6) is 0 Å². The number of rotatable bonds is 14. The molecule has 0 bridgehead atoms. The van der Waals surface area contributed by atoms with Crippen LogP contribution >= 0.6 is 11.3 Å². The van der Waals surface area contributed by atoms with E-state index in [0.717, 1.165) is 55.6 Å². The van der Waals surface area contributed by atoms with Crippen LogP contribution in [0.1, 0.15) is 88.3 Å². The zero-order valence-corrected chi connectivity index (χ0v) is 16.2. The van der Waals surface area contributed by atoms with E-state index >= 15 is 0 Å². The molecule has 3 heteroatoms. The summed E-state index contributed by atoms with van der Waals surface area (Å²) in [5.41, 5.74) is 1.08. The largest absolute Gasteiger partial charge is 0.300 e. The molecule has 0 unspecified atom stereocenters. The van der Waals surface area contributed by atoms with Gasteiger partial charge in [0.05, 0.1) is 10.7 Å². The third-order valence-electron chi connectivity index (χ3n) is 3.98. The standard InChI is InChI=1S/C21H33NOS/c1-3-4-16-21(23)17-14-12-10-8-6-5-7-9-11-13-15-20-18-24-19(2)22-20/h5,7,13,15,18H,3-4,6,8-12,14,16-17H2,1-2H3. The number of unbranched alkanes of at least 4 members (excludes halogenated alkanes) is 6. The van der Waals surface area contributed by atoms with Crippen molar-refractivity contribution in [1.29, 1.82) is 0 Å². The third kappa shape index (κ3) is 11.3. The van der Waals surface area contributed by atoms with Crippen molar-refractivity contribution in [3.05, 3.63) is 34.3 Å². The van der Waals surface area contributed by atoms with Gasteiger partial charge in [-0.15, -0.1) is 11.3 Å². The van der Waals surface area contributed by atoms with Crippen LogP contribution < -0.4 is 0 Å². The monoisotopic (exact) mass is 347 g/mol. The van der Waals surface area contributed by atoms with Crippen LogP contribution in [0.3, 0.4) is 0 Å². The van der Waals surface area contributed by atoms with Gasteiger partial charge >= 0.3 is 0 Å². The molecule has 0 aliphatic heterocycles. The van der Waals surface area contributed by atoms with Crippen LogP contribution in [0.15, 0.2) is 23.6 Å². The molecule has 24 heavy (non-hydrogen) atoms. The number of Topliss-reactive ketones (excluding diaryl/α,β-unsaturated/α-hetero) is 1. The van der Waals surface area contributed by atoms with E-state index < -0.39 is 0 Å². The van der Waals surface area contributed by atoms with Crippen molar-refractivity contribution >= 4 is 23.2 Å². The molecular formula is C21H33NOS. The van der Waals surface area contributed by atoms with E-state index in [-0.39, 0.29) is 0 Å². The number of carbonyl (C=O) groups is 1. The Kier molecular flexibility index (Phi) is 12.3. The van der Waals surface area contributed by atoms with Gasteiger partial charge in [0.2, 0.25) is 0 Å². The molecule has 0 saturated heterocycles. The lowest BCUT2D eigenvalue weighted by Crippen LogP contribution is -1.96. The molecule has 0 saturated carbocycles. The highest BCUT2D eigenvalue weighted by atomic mass is 32.1. The van der Waals surface area contributed by atoms with Crippen molar-refractivity contribution in [1.82, 2.24) is 4.98 Å². The summed E-state index contributed by atoms with van der Waals surface area (Å²) >= 11 is 1.70. The Balaban J connectivity index is 1.89. The summed E-state index contributed by atoms with van der Waals surface area (Å²) in [4.78, 5) is 15.9. The second-order valence-corrected chi connectivity index (χ2v) is 7.40. The Hall–Kier alpha value is -1.22. The van der Waals surface area contributed by atoms with E-state index in [1.54, 1.807) is 11.3 Å². The van der Waals surface area contributed by atoms with Crippen molar-refractivity contribution < 1.29 is 4.79 Å². The first kappa shape index (κ1) is 20.8. The van der Waals surface area contributed by atoms with Crippen LogP contribution in [0.25, 0.3) is 6.08 Å². The quantitative estimate of drug-likeness (QED) is 0.270. The summed E-state index contributed by atoms with van der Waals surface area (Å²) in [6.07, 6.45) is 20.8. The third-order valence-corrected chi connectivity index (χ3v) is 4.77. The molecular weight excluding hydrogens is 314 g/mol. The van der Waals surface area contributed by atoms with E-state index in [1.165, 1.54) is 25.7 Å². The number of aryl methyl sites for hydroxylation is 1. The molecule has 0 atom stereocenters.